The normalized spacial score (nSPS) is 13.7. The molecule has 0 aliphatic carbocycles. The summed E-state index contributed by atoms with van der Waals surface area (Å²) in [6, 6.07) is 11.6. The number of rotatable bonds is 6. The van der Waals surface area contributed by atoms with Gasteiger partial charge in [-0.1, -0.05) is 36.0 Å². The summed E-state index contributed by atoms with van der Waals surface area (Å²) in [6.45, 7) is 4.97. The summed E-state index contributed by atoms with van der Waals surface area (Å²) in [5.41, 5.74) is 1.98. The van der Waals surface area contributed by atoms with Crippen LogP contribution >= 0.6 is 39.7 Å². The van der Waals surface area contributed by atoms with Crippen molar-refractivity contribution in [3.63, 3.8) is 0 Å². The van der Waals surface area contributed by atoms with Crippen molar-refractivity contribution >= 4 is 44.7 Å². The number of halogens is 2. The Balaban J connectivity index is 1.83. The molecule has 1 saturated heterocycles. The van der Waals surface area contributed by atoms with E-state index in [0.717, 1.165) is 33.7 Å². The second-order valence-corrected chi connectivity index (χ2v) is 7.81. The zero-order valence-corrected chi connectivity index (χ0v) is 17.8. The van der Waals surface area contributed by atoms with Crippen LogP contribution in [0.3, 0.4) is 0 Å². The molecule has 0 unspecified atom stereocenters. The second kappa shape index (κ2) is 9.07. The Hall–Kier alpha value is -1.30. The average Bonchev–Trinajstić information content (AvgIpc) is 3.15. The molecule has 0 atom stereocenters. The highest BCUT2D eigenvalue weighted by Gasteiger charge is 2.20. The Morgan fingerprint density at radius 1 is 1.19 bits per heavy atom. The highest BCUT2D eigenvalue weighted by molar-refractivity contribution is 9.10. The minimum Gasteiger partial charge on any atom is -0.490 e. The summed E-state index contributed by atoms with van der Waals surface area (Å²) in [4.78, 5) is 3.12. The molecule has 0 amide bonds. The minimum absolute atomic E-state index is 0.412. The van der Waals surface area contributed by atoms with Crippen LogP contribution in [0.25, 0.3) is 0 Å². The van der Waals surface area contributed by atoms with Crippen LogP contribution in [0.1, 0.15) is 30.9 Å². The zero-order chi connectivity index (χ0) is 18.5. The molecule has 2 aromatic carbocycles. The lowest BCUT2D eigenvalue weighted by Crippen LogP contribution is -2.26. The van der Waals surface area contributed by atoms with Crippen molar-refractivity contribution in [2.45, 2.75) is 26.4 Å². The predicted octanol–water partition coefficient (Wildman–Crippen LogP) is 5.85. The molecule has 1 heterocycles. The fraction of sp³-hybridized carbons (Fsp3) is 0.350. The van der Waals surface area contributed by atoms with Gasteiger partial charge in [-0.05, 0) is 65.5 Å². The predicted molar refractivity (Wildman–Crippen MR) is 114 cm³/mol. The van der Waals surface area contributed by atoms with Gasteiger partial charge in [0, 0.05) is 23.7 Å². The van der Waals surface area contributed by atoms with Crippen molar-refractivity contribution in [3.05, 3.63) is 57.0 Å². The summed E-state index contributed by atoms with van der Waals surface area (Å²) >= 11 is 15.3. The fourth-order valence-corrected chi connectivity index (χ4v) is 4.05. The van der Waals surface area contributed by atoms with Gasteiger partial charge >= 0.3 is 0 Å². The Morgan fingerprint density at radius 2 is 1.96 bits per heavy atom. The van der Waals surface area contributed by atoms with Gasteiger partial charge in [-0.3, -0.25) is 0 Å². The number of hydrogen-bond acceptors (Lipinski definition) is 3. The number of ether oxygens (including phenoxy) is 2. The molecule has 1 fully saturated rings. The molecule has 6 heteroatoms. The first-order chi connectivity index (χ1) is 12.6. The molecular formula is C20H21BrClNO2S. The molecule has 0 bridgehead atoms. The lowest BCUT2D eigenvalue weighted by molar-refractivity contribution is 0.267. The molecule has 0 N–H and O–H groups in total. The monoisotopic (exact) mass is 453 g/mol. The second-order valence-electron chi connectivity index (χ2n) is 6.14. The molecular weight excluding hydrogens is 434 g/mol. The fourth-order valence-electron chi connectivity index (χ4n) is 2.98. The van der Waals surface area contributed by atoms with Gasteiger partial charge in [0.15, 0.2) is 11.5 Å². The van der Waals surface area contributed by atoms with Crippen molar-refractivity contribution in [3.8, 4) is 11.5 Å². The Morgan fingerprint density at radius 3 is 2.65 bits per heavy atom. The first-order valence-electron chi connectivity index (χ1n) is 8.71. The standard InChI is InChI=1S/C20H21BrClNO2S/c1-2-24-18-12-15(20(26)23-8-3-4-9-23)11-17(21)19(18)25-13-14-6-5-7-16(22)10-14/h5-7,10-12H,2-4,8-9,13H2,1H3. The molecule has 1 aliphatic rings. The van der Waals surface area contributed by atoms with E-state index in [1.54, 1.807) is 0 Å². The van der Waals surface area contributed by atoms with Crippen molar-refractivity contribution in [2.24, 2.45) is 0 Å². The Kier molecular flexibility index (Phi) is 6.79. The van der Waals surface area contributed by atoms with Crippen LogP contribution in [0.5, 0.6) is 11.5 Å². The maximum absolute atomic E-state index is 6.05. The maximum Gasteiger partial charge on any atom is 0.175 e. The third-order valence-electron chi connectivity index (χ3n) is 4.22. The molecule has 1 aliphatic heterocycles. The number of nitrogens with zero attached hydrogens (tertiary/aromatic N) is 1. The van der Waals surface area contributed by atoms with Crippen molar-refractivity contribution in [1.29, 1.82) is 0 Å². The van der Waals surface area contributed by atoms with Crippen LogP contribution < -0.4 is 9.47 Å². The van der Waals surface area contributed by atoms with E-state index in [2.05, 4.69) is 20.8 Å². The Labute approximate surface area is 173 Å². The summed E-state index contributed by atoms with van der Waals surface area (Å²) in [5, 5.41) is 0.696. The van der Waals surface area contributed by atoms with Gasteiger partial charge in [0.25, 0.3) is 0 Å². The van der Waals surface area contributed by atoms with Crippen LogP contribution in [-0.2, 0) is 6.61 Å². The molecule has 0 spiro atoms. The lowest BCUT2D eigenvalue weighted by atomic mass is 10.2. The van der Waals surface area contributed by atoms with Gasteiger partial charge in [0.05, 0.1) is 11.1 Å². The van der Waals surface area contributed by atoms with E-state index in [1.807, 2.05) is 43.3 Å². The number of hydrogen-bond donors (Lipinski definition) is 0. The SMILES string of the molecule is CCOc1cc(C(=S)N2CCCC2)cc(Br)c1OCc1cccc(Cl)c1. The van der Waals surface area contributed by atoms with E-state index >= 15 is 0 Å². The molecule has 0 saturated carbocycles. The summed E-state index contributed by atoms with van der Waals surface area (Å²) in [7, 11) is 0. The van der Waals surface area contributed by atoms with Gasteiger partial charge in [0.1, 0.15) is 11.6 Å². The molecule has 0 aromatic heterocycles. The highest BCUT2D eigenvalue weighted by Crippen LogP contribution is 2.38. The molecule has 2 aromatic rings. The Bertz CT molecular complexity index is 793. The third-order valence-corrected chi connectivity index (χ3v) is 5.54. The van der Waals surface area contributed by atoms with E-state index in [0.29, 0.717) is 29.7 Å². The topological polar surface area (TPSA) is 21.7 Å². The van der Waals surface area contributed by atoms with Gasteiger partial charge in [-0.2, -0.15) is 0 Å². The number of benzene rings is 2. The largest absolute Gasteiger partial charge is 0.490 e. The summed E-state index contributed by atoms with van der Waals surface area (Å²) < 4.78 is 12.7. The van der Waals surface area contributed by atoms with E-state index in [1.165, 1.54) is 12.8 Å². The van der Waals surface area contributed by atoms with Crippen LogP contribution in [0.15, 0.2) is 40.9 Å². The lowest BCUT2D eigenvalue weighted by Gasteiger charge is -2.21. The number of likely N-dealkylation sites (tertiary alicyclic amines) is 1. The van der Waals surface area contributed by atoms with Gasteiger partial charge in [-0.25, -0.2) is 0 Å². The molecule has 0 radical (unpaired) electrons. The van der Waals surface area contributed by atoms with Gasteiger partial charge in [0.2, 0.25) is 0 Å². The van der Waals surface area contributed by atoms with Gasteiger partial charge < -0.3 is 14.4 Å². The molecule has 138 valence electrons. The third kappa shape index (κ3) is 4.70. The van der Waals surface area contributed by atoms with Crippen molar-refractivity contribution < 1.29 is 9.47 Å². The van der Waals surface area contributed by atoms with E-state index in [4.69, 9.17) is 33.3 Å². The maximum atomic E-state index is 6.05. The van der Waals surface area contributed by atoms with Crippen LogP contribution in [-0.4, -0.2) is 29.6 Å². The van der Waals surface area contributed by atoms with Crippen molar-refractivity contribution in [2.75, 3.05) is 19.7 Å². The smallest absolute Gasteiger partial charge is 0.175 e. The summed E-state index contributed by atoms with van der Waals surface area (Å²) in [5.74, 6) is 1.38. The van der Waals surface area contributed by atoms with Crippen molar-refractivity contribution in [1.82, 2.24) is 4.90 Å². The zero-order valence-electron chi connectivity index (χ0n) is 14.6. The quantitative estimate of drug-likeness (QED) is 0.510. The summed E-state index contributed by atoms with van der Waals surface area (Å²) in [6.07, 6.45) is 2.39. The molecule has 3 rings (SSSR count). The van der Waals surface area contributed by atoms with Crippen LogP contribution in [0.2, 0.25) is 5.02 Å². The van der Waals surface area contributed by atoms with Crippen LogP contribution in [0.4, 0.5) is 0 Å². The molecule has 26 heavy (non-hydrogen) atoms. The van der Waals surface area contributed by atoms with E-state index < -0.39 is 0 Å². The van der Waals surface area contributed by atoms with Gasteiger partial charge in [-0.15, -0.1) is 0 Å². The minimum atomic E-state index is 0.412. The van der Waals surface area contributed by atoms with E-state index in [-0.39, 0.29) is 0 Å². The molecule has 3 nitrogen and oxygen atoms in total. The van der Waals surface area contributed by atoms with Crippen LogP contribution in [0, 0.1) is 0 Å². The first kappa shape index (κ1) is 19.5. The highest BCUT2D eigenvalue weighted by atomic mass is 79.9. The first-order valence-corrected chi connectivity index (χ1v) is 10.3. The average molecular weight is 455 g/mol. The number of thiocarbonyl (C=S) groups is 1. The van der Waals surface area contributed by atoms with E-state index in [9.17, 15) is 0 Å².